The second-order valence-corrected chi connectivity index (χ2v) is 3.53. The third kappa shape index (κ3) is 3.58. The van der Waals surface area contributed by atoms with Gasteiger partial charge in [-0.15, -0.1) is 0 Å². The van der Waals surface area contributed by atoms with E-state index in [0.29, 0.717) is 13.0 Å². The number of halogens is 1. The molecule has 0 radical (unpaired) electrons. The Hall–Kier alpha value is -1.35. The molecule has 0 aliphatic rings. The van der Waals surface area contributed by atoms with E-state index in [4.69, 9.17) is 5.26 Å². The summed E-state index contributed by atoms with van der Waals surface area (Å²) in [4.78, 5) is 11.2. The van der Waals surface area contributed by atoms with E-state index in [-0.39, 0.29) is 12.5 Å². The Morgan fingerprint density at radius 1 is 1.79 bits per heavy atom. The highest BCUT2D eigenvalue weighted by Crippen LogP contribution is 2.05. The predicted molar refractivity (Wildman–Crippen MR) is 53.2 cm³/mol. The number of hydrogen-bond donors (Lipinski definition) is 1. The molecule has 0 aromatic carbocycles. The minimum Gasteiger partial charge on any atom is -0.353 e. The first-order valence-electron chi connectivity index (χ1n) is 4.04. The Kier molecular flexibility index (Phi) is 4.13. The molecule has 0 saturated carbocycles. The molecule has 1 heterocycles. The summed E-state index contributed by atoms with van der Waals surface area (Å²) in [6.07, 6.45) is 3.65. The van der Waals surface area contributed by atoms with Crippen LogP contribution in [0.5, 0.6) is 0 Å². The molecule has 0 aliphatic carbocycles. The fourth-order valence-corrected chi connectivity index (χ4v) is 1.21. The van der Waals surface area contributed by atoms with Crippen LogP contribution in [0.2, 0.25) is 0 Å². The smallest absolute Gasteiger partial charge is 0.241 e. The van der Waals surface area contributed by atoms with Crippen molar-refractivity contribution in [1.82, 2.24) is 15.1 Å². The summed E-state index contributed by atoms with van der Waals surface area (Å²) >= 11 is 3.23. The van der Waals surface area contributed by atoms with Crippen LogP contribution in [0.1, 0.15) is 6.42 Å². The van der Waals surface area contributed by atoms with Gasteiger partial charge in [-0.3, -0.25) is 9.48 Å². The Labute approximate surface area is 89.8 Å². The van der Waals surface area contributed by atoms with Gasteiger partial charge in [-0.2, -0.15) is 10.4 Å². The molecule has 14 heavy (non-hydrogen) atoms. The number of carbonyl (C=O) groups excluding carboxylic acids is 1. The molecular formula is C8H9BrN4O. The lowest BCUT2D eigenvalue weighted by Crippen LogP contribution is -2.28. The van der Waals surface area contributed by atoms with Gasteiger partial charge < -0.3 is 5.32 Å². The van der Waals surface area contributed by atoms with Gasteiger partial charge >= 0.3 is 0 Å². The van der Waals surface area contributed by atoms with Crippen LogP contribution >= 0.6 is 15.9 Å². The molecule has 1 rings (SSSR count). The fourth-order valence-electron chi connectivity index (χ4n) is 0.886. The van der Waals surface area contributed by atoms with Crippen molar-refractivity contribution in [3.05, 3.63) is 16.9 Å². The Morgan fingerprint density at radius 2 is 2.57 bits per heavy atom. The number of hydrogen-bond acceptors (Lipinski definition) is 3. The summed E-state index contributed by atoms with van der Waals surface area (Å²) in [5, 5.41) is 14.8. The lowest BCUT2D eigenvalue weighted by Gasteiger charge is -2.01. The summed E-state index contributed by atoms with van der Waals surface area (Å²) in [6, 6.07) is 1.95. The number of nitriles is 1. The molecule has 74 valence electrons. The van der Waals surface area contributed by atoms with Gasteiger partial charge in [-0.05, 0) is 15.9 Å². The average Bonchev–Trinajstić information content (AvgIpc) is 2.52. The molecule has 1 N–H and O–H groups in total. The van der Waals surface area contributed by atoms with E-state index < -0.39 is 0 Å². The highest BCUT2D eigenvalue weighted by atomic mass is 79.9. The number of amides is 1. The molecule has 5 nitrogen and oxygen atoms in total. The van der Waals surface area contributed by atoms with Crippen LogP contribution in [0.4, 0.5) is 0 Å². The van der Waals surface area contributed by atoms with Crippen molar-refractivity contribution in [2.24, 2.45) is 0 Å². The molecule has 1 amide bonds. The lowest BCUT2D eigenvalue weighted by molar-refractivity contribution is -0.121. The molecular weight excluding hydrogens is 248 g/mol. The Balaban J connectivity index is 2.31. The van der Waals surface area contributed by atoms with Gasteiger partial charge in [0.05, 0.1) is 23.2 Å². The van der Waals surface area contributed by atoms with Crippen molar-refractivity contribution in [3.8, 4) is 6.07 Å². The van der Waals surface area contributed by atoms with Crippen molar-refractivity contribution in [2.45, 2.75) is 13.0 Å². The van der Waals surface area contributed by atoms with Gasteiger partial charge in [0.1, 0.15) is 6.54 Å². The second kappa shape index (κ2) is 5.40. The van der Waals surface area contributed by atoms with Crippen molar-refractivity contribution in [1.29, 1.82) is 5.26 Å². The highest BCUT2D eigenvalue weighted by Gasteiger charge is 2.02. The number of aromatic nitrogens is 2. The van der Waals surface area contributed by atoms with Crippen LogP contribution in [0.3, 0.4) is 0 Å². The third-order valence-corrected chi connectivity index (χ3v) is 1.88. The Bertz CT molecular complexity index is 354. The van der Waals surface area contributed by atoms with Crippen molar-refractivity contribution in [3.63, 3.8) is 0 Å². The molecule has 0 atom stereocenters. The van der Waals surface area contributed by atoms with Crippen LogP contribution in [-0.2, 0) is 11.3 Å². The highest BCUT2D eigenvalue weighted by molar-refractivity contribution is 9.10. The van der Waals surface area contributed by atoms with E-state index in [2.05, 4.69) is 26.3 Å². The normalized spacial score (nSPS) is 9.43. The maximum Gasteiger partial charge on any atom is 0.241 e. The molecule has 0 saturated heterocycles. The molecule has 0 aliphatic heterocycles. The summed E-state index contributed by atoms with van der Waals surface area (Å²) in [6.45, 7) is 0.564. The molecule has 0 bridgehead atoms. The van der Waals surface area contributed by atoms with Crippen molar-refractivity contribution >= 4 is 21.8 Å². The van der Waals surface area contributed by atoms with Gasteiger partial charge in [-0.25, -0.2) is 0 Å². The first kappa shape index (κ1) is 10.7. The number of nitrogens with zero attached hydrogens (tertiary/aromatic N) is 3. The van der Waals surface area contributed by atoms with E-state index >= 15 is 0 Å². The largest absolute Gasteiger partial charge is 0.353 e. The van der Waals surface area contributed by atoms with E-state index in [0.717, 1.165) is 4.47 Å². The minimum atomic E-state index is -0.143. The van der Waals surface area contributed by atoms with Gasteiger partial charge in [-0.1, -0.05) is 0 Å². The van der Waals surface area contributed by atoms with Crippen LogP contribution in [0, 0.1) is 11.3 Å². The van der Waals surface area contributed by atoms with Crippen LogP contribution < -0.4 is 5.32 Å². The predicted octanol–water partition coefficient (Wildman–Crippen LogP) is 0.675. The second-order valence-electron chi connectivity index (χ2n) is 2.61. The van der Waals surface area contributed by atoms with Gasteiger partial charge in [0.25, 0.3) is 0 Å². The molecule has 0 spiro atoms. The van der Waals surface area contributed by atoms with E-state index in [1.807, 2.05) is 6.07 Å². The van der Waals surface area contributed by atoms with Gasteiger partial charge in [0.2, 0.25) is 5.91 Å². The van der Waals surface area contributed by atoms with Gasteiger partial charge in [0.15, 0.2) is 0 Å². The zero-order chi connectivity index (χ0) is 10.4. The maximum atomic E-state index is 11.2. The number of nitrogens with one attached hydrogen (secondary N) is 1. The summed E-state index contributed by atoms with van der Waals surface area (Å²) < 4.78 is 2.36. The molecule has 6 heteroatoms. The number of rotatable bonds is 4. The zero-order valence-electron chi connectivity index (χ0n) is 7.40. The minimum absolute atomic E-state index is 0.143. The SMILES string of the molecule is N#CCCNC(=O)Cn1cc(Br)cn1. The molecule has 0 unspecified atom stereocenters. The fraction of sp³-hybridized carbons (Fsp3) is 0.375. The third-order valence-electron chi connectivity index (χ3n) is 1.47. The average molecular weight is 257 g/mol. The van der Waals surface area contributed by atoms with Crippen molar-refractivity contribution < 1.29 is 4.79 Å². The monoisotopic (exact) mass is 256 g/mol. The van der Waals surface area contributed by atoms with Crippen molar-refractivity contribution in [2.75, 3.05) is 6.54 Å². The Morgan fingerprint density at radius 3 is 3.14 bits per heavy atom. The van der Waals surface area contributed by atoms with Crippen LogP contribution in [-0.4, -0.2) is 22.2 Å². The first-order chi connectivity index (χ1) is 6.72. The van der Waals surface area contributed by atoms with E-state index in [1.54, 1.807) is 12.4 Å². The topological polar surface area (TPSA) is 70.7 Å². The summed E-state index contributed by atoms with van der Waals surface area (Å²) in [7, 11) is 0. The summed E-state index contributed by atoms with van der Waals surface area (Å²) in [5.74, 6) is -0.143. The maximum absolute atomic E-state index is 11.2. The molecule has 0 fully saturated rings. The van der Waals surface area contributed by atoms with Gasteiger partial charge in [0, 0.05) is 12.7 Å². The zero-order valence-corrected chi connectivity index (χ0v) is 8.99. The molecule has 1 aromatic rings. The lowest BCUT2D eigenvalue weighted by atomic mass is 10.4. The van der Waals surface area contributed by atoms with Crippen LogP contribution in [0.15, 0.2) is 16.9 Å². The van der Waals surface area contributed by atoms with E-state index in [9.17, 15) is 4.79 Å². The first-order valence-corrected chi connectivity index (χ1v) is 4.83. The summed E-state index contributed by atoms with van der Waals surface area (Å²) in [5.41, 5.74) is 0. The molecule has 1 aromatic heterocycles. The van der Waals surface area contributed by atoms with Crippen LogP contribution in [0.25, 0.3) is 0 Å². The quantitative estimate of drug-likeness (QED) is 0.806. The standard InChI is InChI=1S/C8H9BrN4O/c9-7-4-12-13(5-7)6-8(14)11-3-1-2-10/h4-5H,1,3,6H2,(H,11,14). The van der Waals surface area contributed by atoms with E-state index in [1.165, 1.54) is 4.68 Å². The number of carbonyl (C=O) groups is 1.